The van der Waals surface area contributed by atoms with E-state index in [4.69, 9.17) is 28.2 Å². The van der Waals surface area contributed by atoms with Gasteiger partial charge in [0.05, 0.1) is 28.7 Å². The van der Waals surface area contributed by atoms with E-state index in [1.165, 1.54) is 11.3 Å². The quantitative estimate of drug-likeness (QED) is 0.354. The van der Waals surface area contributed by atoms with Crippen LogP contribution in [-0.4, -0.2) is 93.5 Å². The molecule has 11 heteroatoms. The summed E-state index contributed by atoms with van der Waals surface area (Å²) < 4.78 is 1.95. The molecular weight excluding hydrogens is 547 g/mol. The summed E-state index contributed by atoms with van der Waals surface area (Å²) in [7, 11) is 1.97. The molecule has 2 aliphatic rings. The maximum absolute atomic E-state index is 13.4. The molecule has 1 amide bonds. The van der Waals surface area contributed by atoms with Crippen LogP contribution >= 0.6 is 23.2 Å². The summed E-state index contributed by atoms with van der Waals surface area (Å²) in [6.45, 7) is 10.1. The highest BCUT2D eigenvalue weighted by molar-refractivity contribution is 6.35. The monoisotopic (exact) mass is 582 g/mol. The molecule has 0 fully saturated rings. The summed E-state index contributed by atoms with van der Waals surface area (Å²) in [5.41, 5.74) is 4.58. The van der Waals surface area contributed by atoms with Crippen molar-refractivity contribution in [2.45, 2.75) is 38.1 Å². The predicted octanol–water partition coefficient (Wildman–Crippen LogP) is 4.50. The topological polar surface area (TPSA) is 81.4 Å². The lowest BCUT2D eigenvalue weighted by molar-refractivity contribution is -0.129. The van der Waals surface area contributed by atoms with E-state index in [9.17, 15) is 4.79 Å². The number of likely N-dealkylation sites (N-methyl/N-ethyl adjacent to an activating group) is 3. The molecule has 9 nitrogen and oxygen atoms in total. The van der Waals surface area contributed by atoms with E-state index in [1.807, 2.05) is 36.4 Å². The van der Waals surface area contributed by atoms with Gasteiger partial charge in [-0.3, -0.25) is 24.1 Å². The van der Waals surface area contributed by atoms with Gasteiger partial charge in [0.1, 0.15) is 11.5 Å². The van der Waals surface area contributed by atoms with Gasteiger partial charge >= 0.3 is 0 Å². The van der Waals surface area contributed by atoms with E-state index < -0.39 is 5.54 Å². The maximum atomic E-state index is 13.4. The fourth-order valence-corrected chi connectivity index (χ4v) is 6.16. The molecule has 1 N–H and O–H groups in total. The average Bonchev–Trinajstić information content (AvgIpc) is 3.55. The zero-order valence-electron chi connectivity index (χ0n) is 23.4. The minimum atomic E-state index is -0.588. The van der Waals surface area contributed by atoms with E-state index in [1.54, 1.807) is 24.8 Å². The van der Waals surface area contributed by atoms with Gasteiger partial charge < -0.3 is 15.1 Å². The largest absolute Gasteiger partial charge is 0.371 e. The molecule has 0 saturated carbocycles. The van der Waals surface area contributed by atoms with E-state index in [0.717, 1.165) is 42.2 Å². The fraction of sp³-hybridized carbons (Fsp3) is 0.448. The van der Waals surface area contributed by atoms with Gasteiger partial charge in [-0.2, -0.15) is 0 Å². The molecule has 2 aliphatic heterocycles. The molecule has 3 aromatic rings. The average molecular weight is 584 g/mol. The third kappa shape index (κ3) is 5.18. The standard InChI is InChI=1S/C29H36Cl2N8O/c1-5-37-11-9-20-15-21(7-8-22(20)37)27-28(39-12-10-32-18-25(39)35-27)34-19-26(40)38(6-2)14-13-36(4)29(3)23(30)16-33-17-24(29)31/h7-8,10,12,15-18,23,34H,5-6,9,11,13-14,19H2,1-4H3. The summed E-state index contributed by atoms with van der Waals surface area (Å²) in [6.07, 6.45) is 9.67. The highest BCUT2D eigenvalue weighted by Gasteiger charge is 2.41. The number of aliphatic imine (C=N–C) groups is 1. The Balaban J connectivity index is 1.31. The number of hydrogen-bond acceptors (Lipinski definition) is 7. The van der Waals surface area contributed by atoms with Crippen LogP contribution in [0.25, 0.3) is 16.9 Å². The minimum absolute atomic E-state index is 0.00202. The van der Waals surface area contributed by atoms with Crippen LogP contribution in [0, 0.1) is 0 Å². The normalized spacial score (nSPS) is 20.2. The summed E-state index contributed by atoms with van der Waals surface area (Å²) in [6, 6.07) is 6.52. The third-order valence-corrected chi connectivity index (χ3v) is 9.24. The van der Waals surface area contributed by atoms with Gasteiger partial charge in [-0.25, -0.2) is 4.98 Å². The van der Waals surface area contributed by atoms with Crippen LogP contribution in [0.2, 0.25) is 0 Å². The van der Waals surface area contributed by atoms with Crippen molar-refractivity contribution in [3.8, 4) is 11.3 Å². The Kier molecular flexibility index (Phi) is 8.35. The number of imidazole rings is 1. The van der Waals surface area contributed by atoms with Crippen LogP contribution < -0.4 is 10.2 Å². The maximum Gasteiger partial charge on any atom is 0.241 e. The Morgan fingerprint density at radius 2 is 2.10 bits per heavy atom. The number of anilines is 2. The lowest BCUT2D eigenvalue weighted by Gasteiger charge is -2.42. The first-order chi connectivity index (χ1) is 19.3. The number of fused-ring (bicyclic) bond motifs is 2. The molecule has 0 saturated heterocycles. The summed E-state index contributed by atoms with van der Waals surface area (Å²) in [4.78, 5) is 32.9. The third-order valence-electron chi connectivity index (χ3n) is 8.22. The highest BCUT2D eigenvalue weighted by atomic mass is 35.5. The first-order valence-corrected chi connectivity index (χ1v) is 14.6. The Morgan fingerprint density at radius 3 is 2.85 bits per heavy atom. The Labute approximate surface area is 245 Å². The van der Waals surface area contributed by atoms with Crippen LogP contribution in [0.15, 0.2) is 53.0 Å². The molecule has 0 bridgehead atoms. The van der Waals surface area contributed by atoms with E-state index >= 15 is 0 Å². The fourth-order valence-electron chi connectivity index (χ4n) is 5.44. The first-order valence-electron chi connectivity index (χ1n) is 13.7. The molecule has 2 atom stereocenters. The summed E-state index contributed by atoms with van der Waals surface area (Å²) >= 11 is 13.1. The second-order valence-electron chi connectivity index (χ2n) is 10.4. The lowest BCUT2D eigenvalue weighted by atomic mass is 9.94. The Bertz CT molecular complexity index is 1450. The molecule has 0 spiro atoms. The zero-order chi connectivity index (χ0) is 28.4. The molecule has 40 heavy (non-hydrogen) atoms. The number of rotatable bonds is 10. The molecule has 2 aromatic heterocycles. The van der Waals surface area contributed by atoms with Crippen molar-refractivity contribution >= 4 is 52.5 Å². The molecule has 0 aliphatic carbocycles. The molecule has 5 rings (SSSR count). The number of halogens is 2. The van der Waals surface area contributed by atoms with Crippen molar-refractivity contribution in [3.05, 3.63) is 53.6 Å². The van der Waals surface area contributed by atoms with Gasteiger partial charge in [0, 0.05) is 68.8 Å². The number of benzene rings is 1. The molecule has 4 heterocycles. The van der Waals surface area contributed by atoms with Crippen molar-refractivity contribution in [1.29, 1.82) is 0 Å². The van der Waals surface area contributed by atoms with E-state index in [-0.39, 0.29) is 17.8 Å². The number of aromatic nitrogens is 3. The zero-order valence-corrected chi connectivity index (χ0v) is 25.0. The second kappa shape index (κ2) is 11.8. The van der Waals surface area contributed by atoms with Gasteiger partial charge in [-0.05, 0) is 51.9 Å². The Hall–Kier alpha value is -3.14. The molecule has 2 unspecified atom stereocenters. The van der Waals surface area contributed by atoms with Crippen LogP contribution in [0.3, 0.4) is 0 Å². The van der Waals surface area contributed by atoms with Crippen LogP contribution in [0.1, 0.15) is 26.3 Å². The predicted molar refractivity (Wildman–Crippen MR) is 164 cm³/mol. The van der Waals surface area contributed by atoms with Crippen molar-refractivity contribution in [2.75, 3.05) is 56.5 Å². The van der Waals surface area contributed by atoms with Gasteiger partial charge in [-0.15, -0.1) is 11.6 Å². The summed E-state index contributed by atoms with van der Waals surface area (Å²) in [5.74, 6) is 0.776. The lowest BCUT2D eigenvalue weighted by Crippen LogP contribution is -2.55. The van der Waals surface area contributed by atoms with Crippen LogP contribution in [0.5, 0.6) is 0 Å². The van der Waals surface area contributed by atoms with E-state index in [0.29, 0.717) is 24.7 Å². The number of alkyl halides is 1. The number of nitrogens with one attached hydrogen (secondary N) is 1. The van der Waals surface area contributed by atoms with E-state index in [2.05, 4.69) is 50.2 Å². The van der Waals surface area contributed by atoms with Crippen molar-refractivity contribution in [1.82, 2.24) is 24.2 Å². The van der Waals surface area contributed by atoms with Gasteiger partial charge in [0.15, 0.2) is 5.65 Å². The number of amides is 1. The first kappa shape index (κ1) is 28.4. The van der Waals surface area contributed by atoms with Crippen molar-refractivity contribution in [3.63, 3.8) is 0 Å². The smallest absolute Gasteiger partial charge is 0.241 e. The minimum Gasteiger partial charge on any atom is -0.371 e. The highest BCUT2D eigenvalue weighted by Crippen LogP contribution is 2.36. The molecule has 212 valence electrons. The van der Waals surface area contributed by atoms with Gasteiger partial charge in [-0.1, -0.05) is 17.7 Å². The summed E-state index contributed by atoms with van der Waals surface area (Å²) in [5, 5.41) is 3.61. The Morgan fingerprint density at radius 1 is 1.27 bits per heavy atom. The molecule has 0 radical (unpaired) electrons. The van der Waals surface area contributed by atoms with Crippen molar-refractivity contribution in [2.24, 2.45) is 4.99 Å². The number of nitrogens with zero attached hydrogens (tertiary/aromatic N) is 7. The number of hydrogen-bond donors (Lipinski definition) is 1. The molecule has 1 aromatic carbocycles. The molecular formula is C29H36Cl2N8O. The van der Waals surface area contributed by atoms with Gasteiger partial charge in [0.25, 0.3) is 0 Å². The van der Waals surface area contributed by atoms with Crippen LogP contribution in [-0.2, 0) is 11.2 Å². The number of carbonyl (C=O) groups excluding carboxylic acids is 1. The number of carbonyl (C=O) groups is 1. The SMILES string of the molecule is CCN(CCN(C)C1(C)C(Cl)=CN=CC1Cl)C(=O)CNc1c(-c2ccc3c(c2)CCN3CC)nc2cnccn12. The van der Waals surface area contributed by atoms with Gasteiger partial charge in [0.2, 0.25) is 5.91 Å². The second-order valence-corrected chi connectivity index (χ2v) is 11.2. The van der Waals surface area contributed by atoms with Crippen LogP contribution in [0.4, 0.5) is 11.5 Å². The van der Waals surface area contributed by atoms with Crippen molar-refractivity contribution < 1.29 is 4.79 Å².